The first-order valence-electron chi connectivity index (χ1n) is 12.1. The zero-order chi connectivity index (χ0) is 22.9. The summed E-state index contributed by atoms with van der Waals surface area (Å²) >= 11 is 0. The molecule has 0 amide bonds. The molecule has 0 radical (unpaired) electrons. The smallest absolute Gasteiger partial charge is 0.354 e. The van der Waals surface area contributed by atoms with Crippen LogP contribution in [0.1, 0.15) is 60.6 Å². The minimum Gasteiger partial charge on any atom is -0.477 e. The number of fused-ring (bicyclic) bond motifs is 1. The highest BCUT2D eigenvalue weighted by Crippen LogP contribution is 2.43. The maximum absolute atomic E-state index is 12.0. The molecule has 0 bridgehead atoms. The average Bonchev–Trinajstić information content (AvgIpc) is 3.16. The Labute approximate surface area is 195 Å². The third-order valence-electron chi connectivity index (χ3n) is 7.30. The molecule has 2 fully saturated rings. The molecule has 0 spiro atoms. The van der Waals surface area contributed by atoms with Crippen LogP contribution in [0.25, 0.3) is 16.7 Å². The Balaban J connectivity index is 1.58. The quantitative estimate of drug-likeness (QED) is 0.573. The molecule has 0 atom stereocenters. The minimum absolute atomic E-state index is 0.0875. The van der Waals surface area contributed by atoms with E-state index in [0.717, 1.165) is 73.7 Å². The van der Waals surface area contributed by atoms with Gasteiger partial charge in [0, 0.05) is 19.0 Å². The molecular formula is C26H33N5O2. The summed E-state index contributed by atoms with van der Waals surface area (Å²) in [6.45, 7) is 3.00. The van der Waals surface area contributed by atoms with Crippen LogP contribution in [0.2, 0.25) is 0 Å². The van der Waals surface area contributed by atoms with Gasteiger partial charge in [-0.25, -0.2) is 14.5 Å². The van der Waals surface area contributed by atoms with Crippen molar-refractivity contribution in [1.82, 2.24) is 19.7 Å². The second-order valence-electron chi connectivity index (χ2n) is 9.81. The zero-order valence-electron chi connectivity index (χ0n) is 19.6. The lowest BCUT2D eigenvalue weighted by atomic mass is 9.81. The number of anilines is 1. The van der Waals surface area contributed by atoms with Gasteiger partial charge in [-0.15, -0.1) is 0 Å². The fourth-order valence-corrected chi connectivity index (χ4v) is 5.10. The monoisotopic (exact) mass is 447 g/mol. The topological polar surface area (TPSA) is 74.5 Å². The van der Waals surface area contributed by atoms with Gasteiger partial charge >= 0.3 is 5.97 Å². The van der Waals surface area contributed by atoms with E-state index < -0.39 is 5.97 Å². The Morgan fingerprint density at radius 3 is 2.45 bits per heavy atom. The number of hydrogen-bond donors (Lipinski definition) is 1. The molecule has 2 aromatic heterocycles. The molecular weight excluding hydrogens is 414 g/mol. The van der Waals surface area contributed by atoms with Crippen molar-refractivity contribution < 1.29 is 9.90 Å². The summed E-state index contributed by atoms with van der Waals surface area (Å²) in [5, 5.41) is 15.9. The molecule has 5 rings (SSSR count). The first-order chi connectivity index (χ1) is 16.0. The molecule has 1 saturated heterocycles. The number of hydrogen-bond acceptors (Lipinski definition) is 5. The summed E-state index contributed by atoms with van der Waals surface area (Å²) in [6.07, 6.45) is 6.96. The van der Waals surface area contributed by atoms with E-state index in [1.165, 1.54) is 12.8 Å². The van der Waals surface area contributed by atoms with E-state index in [4.69, 9.17) is 5.10 Å². The van der Waals surface area contributed by atoms with Crippen LogP contribution in [0, 0.1) is 5.92 Å². The second kappa shape index (κ2) is 9.14. The SMILES string of the molecule is CN(C)CCC1CCN(c2cc(C(=O)O)nc3c2c(C2CCC2)nn3-c2ccccc2)CC1. The van der Waals surface area contributed by atoms with Gasteiger partial charge in [-0.2, -0.15) is 5.10 Å². The highest BCUT2D eigenvalue weighted by atomic mass is 16.4. The van der Waals surface area contributed by atoms with Crippen LogP contribution in [0.3, 0.4) is 0 Å². The molecule has 1 aliphatic carbocycles. The molecule has 0 unspecified atom stereocenters. The number of carbonyl (C=O) groups is 1. The van der Waals surface area contributed by atoms with E-state index in [1.54, 1.807) is 6.07 Å². The van der Waals surface area contributed by atoms with Crippen molar-refractivity contribution in [3.8, 4) is 5.69 Å². The third-order valence-corrected chi connectivity index (χ3v) is 7.30. The predicted molar refractivity (Wildman–Crippen MR) is 131 cm³/mol. The van der Waals surface area contributed by atoms with Gasteiger partial charge in [0.15, 0.2) is 11.3 Å². The van der Waals surface area contributed by atoms with Gasteiger partial charge in [0.05, 0.1) is 22.5 Å². The van der Waals surface area contributed by atoms with Crippen LogP contribution in [0.5, 0.6) is 0 Å². The van der Waals surface area contributed by atoms with Gasteiger partial charge in [-0.3, -0.25) is 0 Å². The van der Waals surface area contributed by atoms with Gasteiger partial charge in [-0.05, 0) is 76.9 Å². The average molecular weight is 448 g/mol. The van der Waals surface area contributed by atoms with Crippen molar-refractivity contribution in [2.75, 3.05) is 38.6 Å². The van der Waals surface area contributed by atoms with Gasteiger partial charge in [-0.1, -0.05) is 24.6 Å². The molecule has 1 aliphatic heterocycles. The van der Waals surface area contributed by atoms with Crippen LogP contribution in [0.15, 0.2) is 36.4 Å². The van der Waals surface area contributed by atoms with Crippen LogP contribution >= 0.6 is 0 Å². The molecule has 33 heavy (non-hydrogen) atoms. The van der Waals surface area contributed by atoms with Crippen molar-refractivity contribution in [2.45, 2.75) is 44.4 Å². The highest BCUT2D eigenvalue weighted by Gasteiger charge is 2.31. The molecule has 7 heteroatoms. The summed E-state index contributed by atoms with van der Waals surface area (Å²) in [5.74, 6) is 0.148. The summed E-state index contributed by atoms with van der Waals surface area (Å²) in [6, 6.07) is 11.7. The van der Waals surface area contributed by atoms with Crippen LogP contribution < -0.4 is 4.90 Å². The fraction of sp³-hybridized carbons (Fsp3) is 0.500. The first-order valence-corrected chi connectivity index (χ1v) is 12.1. The molecule has 3 aromatic rings. The summed E-state index contributed by atoms with van der Waals surface area (Å²) in [4.78, 5) is 21.2. The number of nitrogens with zero attached hydrogens (tertiary/aromatic N) is 5. The van der Waals surface area contributed by atoms with Gasteiger partial charge in [0.25, 0.3) is 0 Å². The van der Waals surface area contributed by atoms with Crippen LogP contribution in [-0.2, 0) is 0 Å². The van der Waals surface area contributed by atoms with Crippen molar-refractivity contribution in [1.29, 1.82) is 0 Å². The maximum atomic E-state index is 12.0. The number of piperidine rings is 1. The molecule has 1 aromatic carbocycles. The lowest BCUT2D eigenvalue weighted by Gasteiger charge is -2.35. The van der Waals surface area contributed by atoms with E-state index >= 15 is 0 Å². The van der Waals surface area contributed by atoms with Gasteiger partial charge in [0.1, 0.15) is 0 Å². The Bertz CT molecular complexity index is 1130. The van der Waals surface area contributed by atoms with E-state index in [2.05, 4.69) is 28.9 Å². The van der Waals surface area contributed by atoms with E-state index in [0.29, 0.717) is 11.6 Å². The van der Waals surface area contributed by atoms with Crippen molar-refractivity contribution in [3.05, 3.63) is 47.8 Å². The highest BCUT2D eigenvalue weighted by molar-refractivity contribution is 5.98. The summed E-state index contributed by atoms with van der Waals surface area (Å²) in [7, 11) is 4.26. The van der Waals surface area contributed by atoms with Crippen molar-refractivity contribution >= 4 is 22.7 Å². The number of para-hydroxylation sites is 1. The minimum atomic E-state index is -0.995. The number of aromatic nitrogens is 3. The number of aromatic carboxylic acids is 1. The maximum Gasteiger partial charge on any atom is 0.354 e. The van der Waals surface area contributed by atoms with Crippen LogP contribution in [-0.4, -0.2) is 64.5 Å². The first kappa shape index (κ1) is 21.9. The Morgan fingerprint density at radius 1 is 1.12 bits per heavy atom. The summed E-state index contributed by atoms with van der Waals surface area (Å²) < 4.78 is 1.85. The zero-order valence-corrected chi connectivity index (χ0v) is 19.6. The lowest BCUT2D eigenvalue weighted by molar-refractivity contribution is 0.0691. The number of benzene rings is 1. The lowest BCUT2D eigenvalue weighted by Crippen LogP contribution is -2.35. The number of pyridine rings is 1. The number of carboxylic acid groups (broad SMARTS) is 1. The molecule has 7 nitrogen and oxygen atoms in total. The standard InChI is InChI=1S/C26H33N5O2/c1-29(2)14-11-18-12-15-30(16-13-18)22-17-21(26(32)33)27-25-23(22)24(19-7-6-8-19)28-31(25)20-9-4-3-5-10-20/h3-5,9-10,17-19H,6-8,11-16H2,1-2H3,(H,32,33). The largest absolute Gasteiger partial charge is 0.477 e. The Morgan fingerprint density at radius 2 is 1.85 bits per heavy atom. The van der Waals surface area contributed by atoms with E-state index in [1.807, 2.05) is 35.0 Å². The molecule has 1 saturated carbocycles. The summed E-state index contributed by atoms with van der Waals surface area (Å²) in [5.41, 5.74) is 3.73. The van der Waals surface area contributed by atoms with Crippen LogP contribution in [0.4, 0.5) is 5.69 Å². The van der Waals surface area contributed by atoms with E-state index in [9.17, 15) is 9.90 Å². The number of rotatable bonds is 7. The third kappa shape index (κ3) is 4.34. The molecule has 2 aliphatic rings. The molecule has 3 heterocycles. The Kier molecular flexibility index (Phi) is 6.06. The van der Waals surface area contributed by atoms with Crippen molar-refractivity contribution in [2.24, 2.45) is 5.92 Å². The predicted octanol–water partition coefficient (Wildman–Crippen LogP) is 4.55. The second-order valence-corrected chi connectivity index (χ2v) is 9.81. The fourth-order valence-electron chi connectivity index (χ4n) is 5.10. The molecule has 1 N–H and O–H groups in total. The molecule has 174 valence electrons. The Hall–Kier alpha value is -2.93. The van der Waals surface area contributed by atoms with E-state index in [-0.39, 0.29) is 5.69 Å². The van der Waals surface area contributed by atoms with Gasteiger partial charge in [0.2, 0.25) is 0 Å². The van der Waals surface area contributed by atoms with Gasteiger partial charge < -0.3 is 14.9 Å². The normalized spacial score (nSPS) is 17.6. The van der Waals surface area contributed by atoms with Crippen molar-refractivity contribution in [3.63, 3.8) is 0 Å². The number of carboxylic acids is 1.